The molecule has 0 bridgehead atoms. The number of fused-ring (bicyclic) bond motifs is 1. The van der Waals surface area contributed by atoms with Crippen LogP contribution in [0, 0.1) is 32.6 Å². The molecule has 0 saturated carbocycles. The van der Waals surface area contributed by atoms with E-state index in [0.717, 1.165) is 27.3 Å². The third kappa shape index (κ3) is 2.86. The summed E-state index contributed by atoms with van der Waals surface area (Å²) in [7, 11) is 0. The second-order valence-electron chi connectivity index (χ2n) is 6.74. The number of carbonyl (C=O) groups is 3. The molecular weight excluding hydrogens is 304 g/mol. The molecule has 2 atom stereocenters. The van der Waals surface area contributed by atoms with Crippen LogP contribution in [-0.4, -0.2) is 29.2 Å². The van der Waals surface area contributed by atoms with Gasteiger partial charge in [-0.05, 0) is 44.7 Å². The van der Waals surface area contributed by atoms with E-state index in [1.54, 1.807) is 0 Å². The zero-order valence-corrected chi connectivity index (χ0v) is 14.3. The third-order valence-corrected chi connectivity index (χ3v) is 4.84. The summed E-state index contributed by atoms with van der Waals surface area (Å²) in [4.78, 5) is 38.3. The molecule has 2 aliphatic rings. The second kappa shape index (κ2) is 6.23. The van der Waals surface area contributed by atoms with Gasteiger partial charge in [-0.25, -0.2) is 0 Å². The molecule has 5 heteroatoms. The molecule has 126 valence electrons. The fourth-order valence-electron chi connectivity index (χ4n) is 3.72. The molecule has 0 unspecified atom stereocenters. The van der Waals surface area contributed by atoms with Crippen molar-refractivity contribution in [2.24, 2.45) is 11.8 Å². The van der Waals surface area contributed by atoms with Gasteiger partial charge in [-0.2, -0.15) is 0 Å². The summed E-state index contributed by atoms with van der Waals surface area (Å²) in [6.07, 6.45) is 5.05. The number of likely N-dealkylation sites (tertiary alicyclic amines) is 1. The van der Waals surface area contributed by atoms with Crippen LogP contribution in [0.15, 0.2) is 24.3 Å². The van der Waals surface area contributed by atoms with E-state index in [1.807, 2.05) is 45.1 Å². The number of allylic oxidation sites excluding steroid dienone is 2. The first-order valence-corrected chi connectivity index (χ1v) is 8.26. The predicted molar refractivity (Wildman–Crippen MR) is 91.4 cm³/mol. The van der Waals surface area contributed by atoms with Crippen molar-refractivity contribution in [2.75, 3.05) is 11.9 Å². The van der Waals surface area contributed by atoms with Crippen LogP contribution >= 0.6 is 0 Å². The summed E-state index contributed by atoms with van der Waals surface area (Å²) < 4.78 is 0. The van der Waals surface area contributed by atoms with E-state index >= 15 is 0 Å². The average Bonchev–Trinajstić information content (AvgIpc) is 2.76. The number of benzene rings is 1. The molecule has 1 N–H and O–H groups in total. The Morgan fingerprint density at radius 1 is 1.04 bits per heavy atom. The lowest BCUT2D eigenvalue weighted by Gasteiger charge is -2.17. The number of anilines is 1. The Balaban J connectivity index is 1.72. The highest BCUT2D eigenvalue weighted by atomic mass is 16.2. The molecule has 1 aliphatic heterocycles. The number of nitrogens with one attached hydrogen (secondary N) is 1. The lowest BCUT2D eigenvalue weighted by molar-refractivity contribution is -0.142. The van der Waals surface area contributed by atoms with Gasteiger partial charge in [0.05, 0.1) is 11.8 Å². The van der Waals surface area contributed by atoms with Gasteiger partial charge in [-0.15, -0.1) is 0 Å². The molecule has 0 spiro atoms. The van der Waals surface area contributed by atoms with Crippen molar-refractivity contribution in [2.45, 2.75) is 33.6 Å². The van der Waals surface area contributed by atoms with E-state index in [2.05, 4.69) is 5.32 Å². The normalized spacial score (nSPS) is 22.7. The summed E-state index contributed by atoms with van der Waals surface area (Å²) >= 11 is 0. The van der Waals surface area contributed by atoms with Gasteiger partial charge in [0.25, 0.3) is 0 Å². The third-order valence-electron chi connectivity index (χ3n) is 4.84. The number of hydrogen-bond donors (Lipinski definition) is 1. The topological polar surface area (TPSA) is 66.5 Å². The van der Waals surface area contributed by atoms with Gasteiger partial charge in [-0.1, -0.05) is 29.8 Å². The number of nitrogens with zero attached hydrogens (tertiary/aromatic N) is 1. The number of amides is 3. The highest BCUT2D eigenvalue weighted by Gasteiger charge is 2.47. The molecule has 5 nitrogen and oxygen atoms in total. The molecule has 1 fully saturated rings. The molecule has 24 heavy (non-hydrogen) atoms. The van der Waals surface area contributed by atoms with Crippen LogP contribution in [0.1, 0.15) is 29.5 Å². The Bertz CT molecular complexity index is 702. The summed E-state index contributed by atoms with van der Waals surface area (Å²) in [6, 6.07) is 3.99. The molecule has 0 radical (unpaired) electrons. The van der Waals surface area contributed by atoms with Crippen molar-refractivity contribution < 1.29 is 14.4 Å². The lowest BCUT2D eigenvalue weighted by atomic mass is 9.85. The van der Waals surface area contributed by atoms with Gasteiger partial charge >= 0.3 is 0 Å². The Hall–Kier alpha value is -2.43. The molecule has 0 aromatic heterocycles. The fourth-order valence-corrected chi connectivity index (χ4v) is 3.72. The second-order valence-corrected chi connectivity index (χ2v) is 6.74. The fraction of sp³-hybridized carbons (Fsp3) is 0.421. The van der Waals surface area contributed by atoms with Crippen molar-refractivity contribution >= 4 is 23.4 Å². The molecule has 1 aliphatic carbocycles. The van der Waals surface area contributed by atoms with E-state index in [9.17, 15) is 14.4 Å². The molecule has 1 saturated heterocycles. The van der Waals surface area contributed by atoms with E-state index in [-0.39, 0.29) is 36.1 Å². The van der Waals surface area contributed by atoms with Crippen molar-refractivity contribution in [1.82, 2.24) is 4.90 Å². The number of carbonyl (C=O) groups excluding carboxylic acids is 3. The van der Waals surface area contributed by atoms with Crippen molar-refractivity contribution in [3.63, 3.8) is 0 Å². The number of hydrogen-bond acceptors (Lipinski definition) is 3. The van der Waals surface area contributed by atoms with Crippen molar-refractivity contribution in [3.05, 3.63) is 41.0 Å². The number of rotatable bonds is 3. The van der Waals surface area contributed by atoms with Gasteiger partial charge < -0.3 is 5.32 Å². The minimum Gasteiger partial charge on any atom is -0.324 e. The first-order valence-electron chi connectivity index (χ1n) is 8.26. The maximum atomic E-state index is 12.4. The Morgan fingerprint density at radius 3 is 2.04 bits per heavy atom. The first-order chi connectivity index (χ1) is 11.4. The van der Waals surface area contributed by atoms with Crippen LogP contribution in [0.2, 0.25) is 0 Å². The van der Waals surface area contributed by atoms with Gasteiger partial charge in [0.2, 0.25) is 17.7 Å². The maximum Gasteiger partial charge on any atom is 0.244 e. The van der Waals surface area contributed by atoms with Crippen LogP contribution in [0.4, 0.5) is 5.69 Å². The Kier molecular flexibility index (Phi) is 4.26. The maximum absolute atomic E-state index is 12.4. The smallest absolute Gasteiger partial charge is 0.244 e. The standard InChI is InChI=1S/C19H22N2O3/c1-11-8-12(2)17(13(3)9-11)20-16(22)10-21-18(23)14-6-4-5-7-15(14)19(21)24/h4-5,8-9,14-15H,6-7,10H2,1-3H3,(H,20,22)/t14-,15-/m0/s1. The highest BCUT2D eigenvalue weighted by molar-refractivity contribution is 6.09. The van der Waals surface area contributed by atoms with Crippen molar-refractivity contribution in [3.8, 4) is 0 Å². The predicted octanol–water partition coefficient (Wildman–Crippen LogP) is 2.50. The van der Waals surface area contributed by atoms with Crippen LogP contribution < -0.4 is 5.32 Å². The summed E-state index contributed by atoms with van der Waals surface area (Å²) in [6.45, 7) is 5.66. The van der Waals surface area contributed by atoms with Gasteiger partial charge in [-0.3, -0.25) is 19.3 Å². The van der Waals surface area contributed by atoms with Gasteiger partial charge in [0.15, 0.2) is 0 Å². The summed E-state index contributed by atoms with van der Waals surface area (Å²) in [5.41, 5.74) is 3.82. The molecular formula is C19H22N2O3. The van der Waals surface area contributed by atoms with Crippen LogP contribution in [0.25, 0.3) is 0 Å². The molecule has 3 amide bonds. The van der Waals surface area contributed by atoms with Crippen LogP contribution in [0.5, 0.6) is 0 Å². The first kappa shape index (κ1) is 16.4. The van der Waals surface area contributed by atoms with E-state index < -0.39 is 0 Å². The molecule has 3 rings (SSSR count). The minimum absolute atomic E-state index is 0.211. The Labute approximate surface area is 141 Å². The van der Waals surface area contributed by atoms with Gasteiger partial charge in [0.1, 0.15) is 6.54 Å². The lowest BCUT2D eigenvalue weighted by Crippen LogP contribution is -2.38. The van der Waals surface area contributed by atoms with E-state index in [4.69, 9.17) is 0 Å². The molecule has 1 aromatic rings. The highest BCUT2D eigenvalue weighted by Crippen LogP contribution is 2.35. The van der Waals surface area contributed by atoms with E-state index in [0.29, 0.717) is 12.8 Å². The molecule has 1 heterocycles. The Morgan fingerprint density at radius 2 is 1.54 bits per heavy atom. The van der Waals surface area contributed by atoms with Crippen molar-refractivity contribution in [1.29, 1.82) is 0 Å². The van der Waals surface area contributed by atoms with Gasteiger partial charge in [0, 0.05) is 5.69 Å². The number of imide groups is 1. The SMILES string of the molecule is Cc1cc(C)c(NC(=O)CN2C(=O)[C@H]3CC=CC[C@@H]3C2=O)c(C)c1. The zero-order chi connectivity index (χ0) is 17.4. The minimum atomic E-state index is -0.335. The quantitative estimate of drug-likeness (QED) is 0.685. The average molecular weight is 326 g/mol. The summed E-state index contributed by atoms with van der Waals surface area (Å²) in [5, 5.41) is 2.85. The summed E-state index contributed by atoms with van der Waals surface area (Å²) in [5.74, 6) is -1.36. The zero-order valence-electron chi connectivity index (χ0n) is 14.3. The largest absolute Gasteiger partial charge is 0.324 e. The molecule has 1 aromatic carbocycles. The van der Waals surface area contributed by atoms with Crippen LogP contribution in [-0.2, 0) is 14.4 Å². The number of aryl methyl sites for hydroxylation is 3. The monoisotopic (exact) mass is 326 g/mol. The van der Waals surface area contributed by atoms with Crippen LogP contribution in [0.3, 0.4) is 0 Å². The van der Waals surface area contributed by atoms with E-state index in [1.165, 1.54) is 0 Å².